The molecule has 3 heterocycles. The van der Waals surface area contributed by atoms with Crippen molar-refractivity contribution in [3.05, 3.63) is 53.3 Å². The number of nitrogens with zero attached hydrogens (tertiary/aromatic N) is 4. The summed E-state index contributed by atoms with van der Waals surface area (Å²) in [6.07, 6.45) is 3.59. The van der Waals surface area contributed by atoms with E-state index in [1.54, 1.807) is 6.20 Å². The van der Waals surface area contributed by atoms with Gasteiger partial charge in [0.15, 0.2) is 5.82 Å². The van der Waals surface area contributed by atoms with E-state index in [1.807, 2.05) is 45.2 Å². The zero-order valence-corrected chi connectivity index (χ0v) is 12.8. The number of anilines is 1. The molecule has 3 aromatic rings. The van der Waals surface area contributed by atoms with Crippen molar-refractivity contribution in [2.45, 2.75) is 27.3 Å². The highest BCUT2D eigenvalue weighted by Gasteiger charge is 2.15. The molecule has 0 saturated carbocycles. The van der Waals surface area contributed by atoms with Crippen LogP contribution in [0.25, 0.3) is 11.4 Å². The predicted molar refractivity (Wildman–Crippen MR) is 83.3 cm³/mol. The molecule has 112 valence electrons. The van der Waals surface area contributed by atoms with Crippen LogP contribution in [0.2, 0.25) is 0 Å². The Bertz CT molecular complexity index is 763. The fourth-order valence-electron chi connectivity index (χ4n) is 2.27. The number of hydrogen-bond donors (Lipinski definition) is 1. The monoisotopic (exact) mass is 295 g/mol. The Morgan fingerprint density at radius 3 is 2.73 bits per heavy atom. The van der Waals surface area contributed by atoms with E-state index < -0.39 is 0 Å². The first-order valence-electron chi connectivity index (χ1n) is 7.05. The van der Waals surface area contributed by atoms with Gasteiger partial charge in [-0.1, -0.05) is 11.2 Å². The molecule has 0 aromatic carbocycles. The maximum atomic E-state index is 5.20. The van der Waals surface area contributed by atoms with Crippen LogP contribution in [-0.2, 0) is 6.54 Å². The maximum Gasteiger partial charge on any atom is 0.167 e. The molecular weight excluding hydrogens is 278 g/mol. The molecule has 6 nitrogen and oxygen atoms in total. The normalized spacial score (nSPS) is 10.7. The van der Waals surface area contributed by atoms with E-state index in [-0.39, 0.29) is 0 Å². The van der Waals surface area contributed by atoms with Crippen molar-refractivity contribution in [1.29, 1.82) is 0 Å². The van der Waals surface area contributed by atoms with Crippen LogP contribution in [0.1, 0.15) is 22.7 Å². The van der Waals surface area contributed by atoms with E-state index in [4.69, 9.17) is 4.52 Å². The van der Waals surface area contributed by atoms with Gasteiger partial charge in [-0.25, -0.2) is 9.97 Å². The number of aromatic nitrogens is 4. The molecule has 0 aliphatic heterocycles. The van der Waals surface area contributed by atoms with Gasteiger partial charge < -0.3 is 9.84 Å². The Morgan fingerprint density at radius 2 is 2.05 bits per heavy atom. The number of pyridine rings is 1. The van der Waals surface area contributed by atoms with Gasteiger partial charge in [-0.05, 0) is 32.4 Å². The summed E-state index contributed by atoms with van der Waals surface area (Å²) >= 11 is 0. The fourth-order valence-corrected chi connectivity index (χ4v) is 2.27. The summed E-state index contributed by atoms with van der Waals surface area (Å²) in [5.74, 6) is 2.12. The third-order valence-corrected chi connectivity index (χ3v) is 3.31. The standard InChI is InChI=1S/C16H17N5O/c1-10-7-14(18-9-13-5-4-6-17-8-13)20-16(19-10)15-11(2)21-22-12(15)3/h4-8H,9H2,1-3H3,(H,18,19,20). The third kappa shape index (κ3) is 2.95. The van der Waals surface area contributed by atoms with Crippen LogP contribution in [0.4, 0.5) is 5.82 Å². The van der Waals surface area contributed by atoms with Crippen LogP contribution in [0.3, 0.4) is 0 Å². The highest BCUT2D eigenvalue weighted by atomic mass is 16.5. The smallest absolute Gasteiger partial charge is 0.167 e. The molecular formula is C16H17N5O. The molecule has 3 rings (SSSR count). The summed E-state index contributed by atoms with van der Waals surface area (Å²) in [5.41, 5.74) is 3.63. The van der Waals surface area contributed by atoms with Crippen LogP contribution < -0.4 is 5.32 Å². The lowest BCUT2D eigenvalue weighted by atomic mass is 10.2. The summed E-state index contributed by atoms with van der Waals surface area (Å²) in [7, 11) is 0. The van der Waals surface area contributed by atoms with Gasteiger partial charge in [-0.2, -0.15) is 0 Å². The molecule has 0 bridgehead atoms. The maximum absolute atomic E-state index is 5.20. The Balaban J connectivity index is 1.87. The minimum Gasteiger partial charge on any atom is -0.366 e. The Morgan fingerprint density at radius 1 is 1.18 bits per heavy atom. The molecule has 0 fully saturated rings. The van der Waals surface area contributed by atoms with Crippen molar-refractivity contribution < 1.29 is 4.52 Å². The molecule has 0 aliphatic carbocycles. The first-order valence-corrected chi connectivity index (χ1v) is 7.05. The number of aryl methyl sites for hydroxylation is 3. The highest BCUT2D eigenvalue weighted by molar-refractivity contribution is 5.62. The average molecular weight is 295 g/mol. The fraction of sp³-hybridized carbons (Fsp3) is 0.250. The topological polar surface area (TPSA) is 76.7 Å². The molecule has 0 radical (unpaired) electrons. The SMILES string of the molecule is Cc1cc(NCc2cccnc2)nc(-c2c(C)noc2C)n1. The van der Waals surface area contributed by atoms with Gasteiger partial charge in [0.05, 0.1) is 11.3 Å². The molecule has 0 amide bonds. The molecule has 3 aromatic heterocycles. The van der Waals surface area contributed by atoms with Gasteiger partial charge in [0, 0.05) is 30.7 Å². The molecule has 0 aliphatic rings. The molecule has 0 unspecified atom stereocenters. The highest BCUT2D eigenvalue weighted by Crippen LogP contribution is 2.25. The molecule has 0 saturated heterocycles. The van der Waals surface area contributed by atoms with Crippen LogP contribution in [0.15, 0.2) is 35.1 Å². The van der Waals surface area contributed by atoms with E-state index in [1.165, 1.54) is 0 Å². The van der Waals surface area contributed by atoms with Crippen molar-refractivity contribution in [2.24, 2.45) is 0 Å². The van der Waals surface area contributed by atoms with E-state index in [0.29, 0.717) is 12.4 Å². The van der Waals surface area contributed by atoms with Gasteiger partial charge in [-0.15, -0.1) is 0 Å². The summed E-state index contributed by atoms with van der Waals surface area (Å²) < 4.78 is 5.20. The molecule has 1 N–H and O–H groups in total. The van der Waals surface area contributed by atoms with Crippen LogP contribution in [0.5, 0.6) is 0 Å². The van der Waals surface area contributed by atoms with Crippen LogP contribution in [-0.4, -0.2) is 20.1 Å². The minimum atomic E-state index is 0.630. The Labute approximate surface area is 128 Å². The number of nitrogens with one attached hydrogen (secondary N) is 1. The Kier molecular flexibility index (Phi) is 3.82. The van der Waals surface area contributed by atoms with Crippen molar-refractivity contribution in [3.8, 4) is 11.4 Å². The van der Waals surface area contributed by atoms with Crippen molar-refractivity contribution in [3.63, 3.8) is 0 Å². The lowest BCUT2D eigenvalue weighted by Gasteiger charge is -2.08. The molecule has 22 heavy (non-hydrogen) atoms. The van der Waals surface area contributed by atoms with Crippen LogP contribution >= 0.6 is 0 Å². The second-order valence-corrected chi connectivity index (χ2v) is 5.13. The van der Waals surface area contributed by atoms with E-state index >= 15 is 0 Å². The second-order valence-electron chi connectivity index (χ2n) is 5.13. The van der Waals surface area contributed by atoms with E-state index in [0.717, 1.165) is 34.1 Å². The summed E-state index contributed by atoms with van der Waals surface area (Å²) in [6, 6.07) is 5.85. The number of rotatable bonds is 4. The van der Waals surface area contributed by atoms with E-state index in [9.17, 15) is 0 Å². The first-order chi connectivity index (χ1) is 10.6. The van der Waals surface area contributed by atoms with Gasteiger partial charge in [0.1, 0.15) is 11.6 Å². The van der Waals surface area contributed by atoms with Gasteiger partial charge >= 0.3 is 0 Å². The zero-order chi connectivity index (χ0) is 15.5. The summed E-state index contributed by atoms with van der Waals surface area (Å²) in [4.78, 5) is 13.2. The van der Waals surface area contributed by atoms with Gasteiger partial charge in [0.25, 0.3) is 0 Å². The molecule has 0 spiro atoms. The molecule has 6 heteroatoms. The first kappa shape index (κ1) is 14.2. The lowest BCUT2D eigenvalue weighted by Crippen LogP contribution is -2.04. The molecule has 0 atom stereocenters. The minimum absolute atomic E-state index is 0.630. The third-order valence-electron chi connectivity index (χ3n) is 3.31. The van der Waals surface area contributed by atoms with Crippen molar-refractivity contribution >= 4 is 5.82 Å². The Hall–Kier alpha value is -2.76. The largest absolute Gasteiger partial charge is 0.366 e. The van der Waals surface area contributed by atoms with E-state index in [2.05, 4.69) is 25.4 Å². The lowest BCUT2D eigenvalue weighted by molar-refractivity contribution is 0.393. The summed E-state index contributed by atoms with van der Waals surface area (Å²) in [5, 5.41) is 7.26. The average Bonchev–Trinajstić information content (AvgIpc) is 2.85. The van der Waals surface area contributed by atoms with Gasteiger partial charge in [-0.3, -0.25) is 4.98 Å². The number of hydrogen-bond acceptors (Lipinski definition) is 6. The van der Waals surface area contributed by atoms with Crippen LogP contribution in [0, 0.1) is 20.8 Å². The second kappa shape index (κ2) is 5.93. The quantitative estimate of drug-likeness (QED) is 0.797. The summed E-state index contributed by atoms with van der Waals surface area (Å²) in [6.45, 7) is 6.36. The predicted octanol–water partition coefficient (Wildman–Crippen LogP) is 3.06. The van der Waals surface area contributed by atoms with Crippen molar-refractivity contribution in [2.75, 3.05) is 5.32 Å². The zero-order valence-electron chi connectivity index (χ0n) is 12.8. The van der Waals surface area contributed by atoms with Gasteiger partial charge in [0.2, 0.25) is 0 Å². The van der Waals surface area contributed by atoms with Crippen molar-refractivity contribution in [1.82, 2.24) is 20.1 Å².